The zero-order valence-electron chi connectivity index (χ0n) is 20.1. The number of carbonyl (C=O) groups excluding carboxylic acids is 2. The Morgan fingerprint density at radius 2 is 1.80 bits per heavy atom. The minimum absolute atomic E-state index is 0.0000368. The first-order valence-electron chi connectivity index (χ1n) is 11.0. The average molecular weight is 474 g/mol. The van der Waals surface area contributed by atoms with Crippen molar-refractivity contribution in [2.45, 2.75) is 12.6 Å². The summed E-state index contributed by atoms with van der Waals surface area (Å²) in [6.07, 6.45) is 3.29. The van der Waals surface area contributed by atoms with Crippen LogP contribution in [0.3, 0.4) is 0 Å². The molecule has 0 spiro atoms. The van der Waals surface area contributed by atoms with Gasteiger partial charge in [-0.15, -0.1) is 0 Å². The van der Waals surface area contributed by atoms with Gasteiger partial charge < -0.3 is 24.4 Å². The molecule has 2 aromatic carbocycles. The van der Waals surface area contributed by atoms with E-state index in [9.17, 15) is 14.7 Å². The number of benzene rings is 2. The van der Waals surface area contributed by atoms with Gasteiger partial charge in [0.15, 0.2) is 0 Å². The van der Waals surface area contributed by atoms with Crippen LogP contribution in [0.25, 0.3) is 5.76 Å². The monoisotopic (exact) mass is 473 g/mol. The van der Waals surface area contributed by atoms with Gasteiger partial charge in [-0.2, -0.15) is 0 Å². The molecule has 0 aliphatic carbocycles. The topological polar surface area (TPSA) is 92.2 Å². The Morgan fingerprint density at radius 1 is 1.06 bits per heavy atom. The maximum atomic E-state index is 13.3. The summed E-state index contributed by atoms with van der Waals surface area (Å²) in [7, 11) is 6.85. The van der Waals surface area contributed by atoms with Crippen LogP contribution < -0.4 is 14.4 Å². The van der Waals surface area contributed by atoms with Crippen LogP contribution in [0.5, 0.6) is 11.5 Å². The van der Waals surface area contributed by atoms with E-state index < -0.39 is 17.7 Å². The highest BCUT2D eigenvalue weighted by molar-refractivity contribution is 6.46. The molecule has 1 aromatic heterocycles. The number of carbonyl (C=O) groups is 2. The molecular formula is C27H27N3O5. The molecule has 1 saturated heterocycles. The van der Waals surface area contributed by atoms with Gasteiger partial charge in [0.25, 0.3) is 11.7 Å². The maximum Gasteiger partial charge on any atom is 0.295 e. The number of likely N-dealkylation sites (tertiary alicyclic amines) is 1. The summed E-state index contributed by atoms with van der Waals surface area (Å²) < 4.78 is 10.7. The van der Waals surface area contributed by atoms with Crippen molar-refractivity contribution in [3.63, 3.8) is 0 Å². The molecule has 8 heteroatoms. The van der Waals surface area contributed by atoms with Crippen LogP contribution >= 0.6 is 0 Å². The van der Waals surface area contributed by atoms with E-state index in [4.69, 9.17) is 9.47 Å². The van der Waals surface area contributed by atoms with Crippen LogP contribution in [0.2, 0.25) is 0 Å². The molecule has 0 bridgehead atoms. The number of Topliss-reactive ketones (excluding diaryl/α,β-unsaturated/α-hetero) is 1. The molecule has 35 heavy (non-hydrogen) atoms. The Kier molecular flexibility index (Phi) is 6.73. The Bertz CT molecular complexity index is 1270. The number of anilines is 1. The van der Waals surface area contributed by atoms with Crippen molar-refractivity contribution in [1.82, 2.24) is 9.88 Å². The summed E-state index contributed by atoms with van der Waals surface area (Å²) in [6, 6.07) is 15.2. The van der Waals surface area contributed by atoms with E-state index in [1.807, 2.05) is 49.3 Å². The zero-order valence-corrected chi connectivity index (χ0v) is 20.1. The zero-order chi connectivity index (χ0) is 25.1. The molecule has 1 N–H and O–H groups in total. The first kappa shape index (κ1) is 23.8. The lowest BCUT2D eigenvalue weighted by molar-refractivity contribution is -0.140. The molecule has 0 saturated carbocycles. The number of aliphatic hydroxyl groups is 1. The van der Waals surface area contributed by atoms with Gasteiger partial charge in [-0.1, -0.05) is 18.2 Å². The molecule has 1 aliphatic rings. The smallest absolute Gasteiger partial charge is 0.295 e. The van der Waals surface area contributed by atoms with E-state index in [0.29, 0.717) is 22.6 Å². The lowest BCUT2D eigenvalue weighted by Gasteiger charge is -2.26. The summed E-state index contributed by atoms with van der Waals surface area (Å²) in [5.74, 6) is -0.901. The second kappa shape index (κ2) is 9.89. The van der Waals surface area contributed by atoms with Gasteiger partial charge in [-0.25, -0.2) is 0 Å². The van der Waals surface area contributed by atoms with Gasteiger partial charge in [-0.3, -0.25) is 14.6 Å². The van der Waals surface area contributed by atoms with Crippen molar-refractivity contribution in [3.05, 3.63) is 89.3 Å². The van der Waals surface area contributed by atoms with E-state index in [1.54, 1.807) is 36.7 Å². The molecule has 1 aliphatic heterocycles. The van der Waals surface area contributed by atoms with Crippen molar-refractivity contribution < 1.29 is 24.2 Å². The lowest BCUT2D eigenvalue weighted by Crippen LogP contribution is -2.29. The van der Waals surface area contributed by atoms with Gasteiger partial charge in [0.1, 0.15) is 17.3 Å². The third-order valence-electron chi connectivity index (χ3n) is 6.00. The first-order valence-corrected chi connectivity index (χ1v) is 11.0. The number of amides is 1. The number of hydrogen-bond acceptors (Lipinski definition) is 7. The Hall–Kier alpha value is -4.33. The molecule has 4 rings (SSSR count). The standard InChI is InChI=1S/C27H27N3O5/c1-29(2)19-9-7-18(8-10-19)24-23(25(31)21-12-11-20(34-3)14-22(21)35-4)26(32)27(33)30(24)16-17-6-5-13-28-15-17/h5-15,24,31H,16H2,1-4H3/b25-23-. The molecule has 2 heterocycles. The molecule has 1 fully saturated rings. The predicted molar refractivity (Wildman–Crippen MR) is 132 cm³/mol. The van der Waals surface area contributed by atoms with Crippen molar-refractivity contribution in [2.75, 3.05) is 33.2 Å². The molecule has 1 amide bonds. The second-order valence-electron chi connectivity index (χ2n) is 8.34. The second-order valence-corrected chi connectivity index (χ2v) is 8.34. The minimum Gasteiger partial charge on any atom is -0.507 e. The van der Waals surface area contributed by atoms with Crippen molar-refractivity contribution in [1.29, 1.82) is 0 Å². The van der Waals surface area contributed by atoms with Crippen LogP contribution in [0, 0.1) is 0 Å². The fraction of sp³-hybridized carbons (Fsp3) is 0.222. The SMILES string of the molecule is COc1ccc(/C(O)=C2/C(=O)C(=O)N(Cc3cccnc3)C2c2ccc(N(C)C)cc2)c(OC)c1. The maximum absolute atomic E-state index is 13.3. The van der Waals surface area contributed by atoms with E-state index in [-0.39, 0.29) is 17.9 Å². The van der Waals surface area contributed by atoms with Crippen molar-refractivity contribution in [2.24, 2.45) is 0 Å². The molecule has 1 atom stereocenters. The highest BCUT2D eigenvalue weighted by Crippen LogP contribution is 2.42. The third-order valence-corrected chi connectivity index (χ3v) is 6.00. The van der Waals surface area contributed by atoms with Gasteiger partial charge in [0.05, 0.1) is 31.4 Å². The highest BCUT2D eigenvalue weighted by atomic mass is 16.5. The number of aromatic nitrogens is 1. The van der Waals surface area contributed by atoms with E-state index in [0.717, 1.165) is 11.3 Å². The molecular weight excluding hydrogens is 446 g/mol. The number of pyridine rings is 1. The van der Waals surface area contributed by atoms with Crippen LogP contribution in [-0.2, 0) is 16.1 Å². The first-order chi connectivity index (χ1) is 16.8. The third kappa shape index (κ3) is 4.55. The summed E-state index contributed by atoms with van der Waals surface area (Å²) in [6.45, 7) is 0.162. The number of aliphatic hydroxyl groups excluding tert-OH is 1. The lowest BCUT2D eigenvalue weighted by atomic mass is 9.94. The molecule has 1 unspecified atom stereocenters. The Labute approximate surface area is 204 Å². The summed E-state index contributed by atoms with van der Waals surface area (Å²) >= 11 is 0. The van der Waals surface area contributed by atoms with Gasteiger partial charge >= 0.3 is 0 Å². The molecule has 3 aromatic rings. The molecule has 8 nitrogen and oxygen atoms in total. The van der Waals surface area contributed by atoms with Gasteiger partial charge in [0, 0.05) is 44.8 Å². The highest BCUT2D eigenvalue weighted by Gasteiger charge is 2.46. The minimum atomic E-state index is -0.793. The van der Waals surface area contributed by atoms with Crippen LogP contribution in [0.15, 0.2) is 72.6 Å². The summed E-state index contributed by atoms with van der Waals surface area (Å²) in [5.41, 5.74) is 2.73. The number of methoxy groups -OCH3 is 2. The van der Waals surface area contributed by atoms with Crippen molar-refractivity contribution >= 4 is 23.1 Å². The van der Waals surface area contributed by atoms with Crippen LogP contribution in [-0.4, -0.2) is 55.0 Å². The quantitative estimate of drug-likeness (QED) is 0.317. The average Bonchev–Trinajstić information content (AvgIpc) is 3.13. The van der Waals surface area contributed by atoms with E-state index in [2.05, 4.69) is 4.98 Å². The Morgan fingerprint density at radius 3 is 2.40 bits per heavy atom. The van der Waals surface area contributed by atoms with Crippen LogP contribution in [0.4, 0.5) is 5.69 Å². The van der Waals surface area contributed by atoms with E-state index >= 15 is 0 Å². The van der Waals surface area contributed by atoms with Crippen molar-refractivity contribution in [3.8, 4) is 11.5 Å². The van der Waals surface area contributed by atoms with E-state index in [1.165, 1.54) is 19.1 Å². The predicted octanol–water partition coefficient (Wildman–Crippen LogP) is 3.79. The summed E-state index contributed by atoms with van der Waals surface area (Å²) in [4.78, 5) is 34.1. The largest absolute Gasteiger partial charge is 0.507 e. The van der Waals surface area contributed by atoms with Crippen LogP contribution in [0.1, 0.15) is 22.7 Å². The summed E-state index contributed by atoms with van der Waals surface area (Å²) in [5, 5.41) is 11.4. The van der Waals surface area contributed by atoms with Gasteiger partial charge in [-0.05, 0) is 41.5 Å². The molecule has 180 valence electrons. The number of ether oxygens (including phenoxy) is 2. The number of ketones is 1. The number of hydrogen-bond donors (Lipinski definition) is 1. The van der Waals surface area contributed by atoms with Gasteiger partial charge in [0.2, 0.25) is 0 Å². The number of rotatable bonds is 7. The fourth-order valence-corrected chi connectivity index (χ4v) is 4.17. The fourth-order valence-electron chi connectivity index (χ4n) is 4.17. The normalized spacial score (nSPS) is 16.9. The number of nitrogens with zero attached hydrogens (tertiary/aromatic N) is 3. The Balaban J connectivity index is 1.88. The molecule has 0 radical (unpaired) electrons.